The fourth-order valence-electron chi connectivity index (χ4n) is 1.29. The first-order chi connectivity index (χ1) is 8.90. The summed E-state index contributed by atoms with van der Waals surface area (Å²) in [7, 11) is -4.07. The van der Waals surface area contributed by atoms with Gasteiger partial charge < -0.3 is 9.29 Å². The number of carboxylic acids is 1. The molecule has 100 valence electrons. The van der Waals surface area contributed by atoms with Crippen molar-refractivity contribution in [1.29, 1.82) is 0 Å². The van der Waals surface area contributed by atoms with E-state index in [4.69, 9.17) is 20.9 Å². The Balaban J connectivity index is 2.34. The highest BCUT2D eigenvalue weighted by Crippen LogP contribution is 2.28. The summed E-state index contributed by atoms with van der Waals surface area (Å²) in [5, 5.41) is 10.7. The molecule has 0 amide bonds. The summed E-state index contributed by atoms with van der Waals surface area (Å²) in [6, 6.07) is 6.67. The van der Waals surface area contributed by atoms with Gasteiger partial charge in [0.25, 0.3) is 0 Å². The van der Waals surface area contributed by atoms with Gasteiger partial charge in [-0.1, -0.05) is 11.6 Å². The molecule has 0 saturated heterocycles. The molecule has 0 bridgehead atoms. The zero-order chi connectivity index (χ0) is 14.0. The SMILES string of the molecule is O=C(O)c1sccc1OS(=O)(=O)c1ccc(Cl)cc1. The van der Waals surface area contributed by atoms with Gasteiger partial charge in [0.1, 0.15) is 4.90 Å². The third-order valence-corrected chi connectivity index (χ3v) is 4.51. The van der Waals surface area contributed by atoms with Gasteiger partial charge >= 0.3 is 16.1 Å². The van der Waals surface area contributed by atoms with Gasteiger partial charge in [-0.05, 0) is 35.7 Å². The molecule has 0 aliphatic rings. The molecule has 2 rings (SSSR count). The van der Waals surface area contributed by atoms with Crippen LogP contribution in [0.2, 0.25) is 5.02 Å². The van der Waals surface area contributed by atoms with Crippen LogP contribution in [0.4, 0.5) is 0 Å². The van der Waals surface area contributed by atoms with Gasteiger partial charge in [-0.25, -0.2) is 4.79 Å². The third-order valence-electron chi connectivity index (χ3n) is 2.13. The van der Waals surface area contributed by atoms with Crippen LogP contribution in [0, 0.1) is 0 Å². The average molecular weight is 319 g/mol. The van der Waals surface area contributed by atoms with Crippen LogP contribution >= 0.6 is 22.9 Å². The van der Waals surface area contributed by atoms with Gasteiger partial charge in [-0.15, -0.1) is 11.3 Å². The molecule has 0 spiro atoms. The second-order valence-corrected chi connectivity index (χ2v) is 6.31. The molecule has 0 aliphatic heterocycles. The van der Waals surface area contributed by atoms with Crippen LogP contribution in [0.1, 0.15) is 9.67 Å². The normalized spacial score (nSPS) is 11.2. The lowest BCUT2D eigenvalue weighted by molar-refractivity contribution is 0.0700. The molecule has 0 fully saturated rings. The largest absolute Gasteiger partial charge is 0.477 e. The first kappa shape index (κ1) is 13.9. The molecule has 1 aromatic carbocycles. The topological polar surface area (TPSA) is 80.7 Å². The standard InChI is InChI=1S/C11H7ClO5S2/c12-7-1-3-8(4-2-7)19(15,16)17-9-5-6-18-10(9)11(13)14/h1-6H,(H,13,14). The van der Waals surface area contributed by atoms with E-state index in [1.54, 1.807) is 0 Å². The number of halogens is 1. The Kier molecular flexibility index (Phi) is 3.79. The summed E-state index contributed by atoms with van der Waals surface area (Å²) in [4.78, 5) is 10.6. The minimum Gasteiger partial charge on any atom is -0.477 e. The predicted octanol–water partition coefficient (Wildman–Crippen LogP) is 2.87. The molecular formula is C11H7ClO5S2. The number of hydrogen-bond donors (Lipinski definition) is 1. The summed E-state index contributed by atoms with van der Waals surface area (Å²) in [5.74, 6) is -1.44. The monoisotopic (exact) mass is 318 g/mol. The zero-order valence-electron chi connectivity index (χ0n) is 9.24. The Bertz CT molecular complexity index is 703. The number of benzene rings is 1. The number of rotatable bonds is 4. The van der Waals surface area contributed by atoms with E-state index in [0.717, 1.165) is 11.3 Å². The molecule has 1 aromatic heterocycles. The van der Waals surface area contributed by atoms with Crippen molar-refractivity contribution in [2.75, 3.05) is 0 Å². The number of carboxylic acid groups (broad SMARTS) is 1. The summed E-state index contributed by atoms with van der Waals surface area (Å²) in [6.45, 7) is 0. The number of carbonyl (C=O) groups is 1. The first-order valence-corrected chi connectivity index (χ1v) is 7.57. The first-order valence-electron chi connectivity index (χ1n) is 4.91. The molecule has 2 aromatic rings. The van der Waals surface area contributed by atoms with Gasteiger partial charge in [0.15, 0.2) is 10.6 Å². The minimum atomic E-state index is -4.07. The van der Waals surface area contributed by atoms with E-state index in [-0.39, 0.29) is 15.5 Å². The Morgan fingerprint density at radius 2 is 1.84 bits per heavy atom. The maximum atomic E-state index is 11.9. The maximum absolute atomic E-state index is 11.9. The fraction of sp³-hybridized carbons (Fsp3) is 0. The second kappa shape index (κ2) is 5.20. The Hall–Kier alpha value is -1.57. The van der Waals surface area contributed by atoms with Crippen LogP contribution in [-0.2, 0) is 10.1 Å². The Labute approximate surface area is 118 Å². The minimum absolute atomic E-state index is 0.0977. The van der Waals surface area contributed by atoms with Crippen molar-refractivity contribution in [1.82, 2.24) is 0 Å². The van der Waals surface area contributed by atoms with Crippen LogP contribution in [-0.4, -0.2) is 19.5 Å². The molecule has 5 nitrogen and oxygen atoms in total. The van der Waals surface area contributed by atoms with Crippen LogP contribution in [0.3, 0.4) is 0 Å². The van der Waals surface area contributed by atoms with E-state index in [1.807, 2.05) is 0 Å². The quantitative estimate of drug-likeness (QED) is 0.877. The van der Waals surface area contributed by atoms with Crippen molar-refractivity contribution in [3.63, 3.8) is 0 Å². The van der Waals surface area contributed by atoms with Crippen molar-refractivity contribution < 1.29 is 22.5 Å². The van der Waals surface area contributed by atoms with Gasteiger partial charge in [0.2, 0.25) is 0 Å². The van der Waals surface area contributed by atoms with E-state index >= 15 is 0 Å². The van der Waals surface area contributed by atoms with E-state index in [2.05, 4.69) is 0 Å². The summed E-state index contributed by atoms with van der Waals surface area (Å²) in [5.41, 5.74) is 0. The van der Waals surface area contributed by atoms with Crippen molar-refractivity contribution in [3.8, 4) is 5.75 Å². The van der Waals surface area contributed by atoms with Crippen LogP contribution in [0.15, 0.2) is 40.6 Å². The maximum Gasteiger partial charge on any atom is 0.349 e. The number of hydrogen-bond acceptors (Lipinski definition) is 5. The summed E-state index contributed by atoms with van der Waals surface area (Å²) in [6.07, 6.45) is 0. The van der Waals surface area contributed by atoms with Gasteiger partial charge in [0, 0.05) is 5.02 Å². The highest BCUT2D eigenvalue weighted by Gasteiger charge is 2.21. The molecule has 1 heterocycles. The van der Waals surface area contributed by atoms with Gasteiger partial charge in [-0.2, -0.15) is 8.42 Å². The van der Waals surface area contributed by atoms with Crippen LogP contribution in [0.25, 0.3) is 0 Å². The number of thiophene rings is 1. The summed E-state index contributed by atoms with van der Waals surface area (Å²) < 4.78 is 28.7. The predicted molar refractivity (Wildman–Crippen MR) is 70.5 cm³/mol. The lowest BCUT2D eigenvalue weighted by Gasteiger charge is -2.06. The second-order valence-electron chi connectivity index (χ2n) is 3.41. The average Bonchev–Trinajstić information content (AvgIpc) is 2.77. The molecule has 0 aliphatic carbocycles. The van der Waals surface area contributed by atoms with Crippen molar-refractivity contribution in [3.05, 3.63) is 45.6 Å². The zero-order valence-corrected chi connectivity index (χ0v) is 11.6. The van der Waals surface area contributed by atoms with E-state index in [1.165, 1.54) is 35.7 Å². The van der Waals surface area contributed by atoms with Gasteiger partial charge in [-0.3, -0.25) is 0 Å². The molecule has 8 heteroatoms. The molecule has 0 unspecified atom stereocenters. The van der Waals surface area contributed by atoms with E-state index in [0.29, 0.717) is 5.02 Å². The van der Waals surface area contributed by atoms with E-state index < -0.39 is 16.1 Å². The van der Waals surface area contributed by atoms with Crippen molar-refractivity contribution in [2.24, 2.45) is 0 Å². The molecule has 1 N–H and O–H groups in total. The molecule has 0 radical (unpaired) electrons. The summed E-state index contributed by atoms with van der Waals surface area (Å²) >= 11 is 6.55. The lowest BCUT2D eigenvalue weighted by atomic mass is 10.4. The van der Waals surface area contributed by atoms with Crippen LogP contribution in [0.5, 0.6) is 5.75 Å². The smallest absolute Gasteiger partial charge is 0.349 e. The van der Waals surface area contributed by atoms with Crippen molar-refractivity contribution >= 4 is 39.0 Å². The highest BCUT2D eigenvalue weighted by molar-refractivity contribution is 7.87. The molecular weight excluding hydrogens is 312 g/mol. The Morgan fingerprint density at radius 3 is 2.42 bits per heavy atom. The molecule has 0 atom stereocenters. The Morgan fingerprint density at radius 1 is 1.21 bits per heavy atom. The fourth-order valence-corrected chi connectivity index (χ4v) is 3.06. The highest BCUT2D eigenvalue weighted by atomic mass is 35.5. The lowest BCUT2D eigenvalue weighted by Crippen LogP contribution is -2.11. The molecule has 19 heavy (non-hydrogen) atoms. The van der Waals surface area contributed by atoms with Gasteiger partial charge in [0.05, 0.1) is 0 Å². The van der Waals surface area contributed by atoms with Crippen molar-refractivity contribution in [2.45, 2.75) is 4.90 Å². The molecule has 0 saturated carbocycles. The van der Waals surface area contributed by atoms with Crippen LogP contribution < -0.4 is 4.18 Å². The number of aromatic carboxylic acids is 1. The van der Waals surface area contributed by atoms with E-state index in [9.17, 15) is 13.2 Å². The third kappa shape index (κ3) is 3.06.